The molecule has 2 N–H and O–H groups in total. The van der Waals surface area contributed by atoms with Crippen LogP contribution in [0.15, 0.2) is 54.6 Å². The van der Waals surface area contributed by atoms with Gasteiger partial charge in [0.1, 0.15) is 11.6 Å². The van der Waals surface area contributed by atoms with Crippen LogP contribution in [0.25, 0.3) is 0 Å². The fraction of sp³-hybridized carbons (Fsp3) is 0.190. The van der Waals surface area contributed by atoms with Gasteiger partial charge in [0, 0.05) is 23.1 Å². The third kappa shape index (κ3) is 4.97. The fourth-order valence-electron chi connectivity index (χ4n) is 2.57. The van der Waals surface area contributed by atoms with Gasteiger partial charge < -0.3 is 20.1 Å². The van der Waals surface area contributed by atoms with Crippen molar-refractivity contribution >= 4 is 29.1 Å². The summed E-state index contributed by atoms with van der Waals surface area (Å²) < 4.78 is 10.2. The SMILES string of the molecule is CCOc1ccc(Nc2nc(C)cc(Nc3ccc(C(=O)OC)cc3)n2)cc1. The van der Waals surface area contributed by atoms with E-state index in [2.05, 4.69) is 20.6 Å². The van der Waals surface area contributed by atoms with E-state index in [-0.39, 0.29) is 5.97 Å². The van der Waals surface area contributed by atoms with Crippen molar-refractivity contribution in [1.29, 1.82) is 0 Å². The van der Waals surface area contributed by atoms with E-state index in [1.54, 1.807) is 24.3 Å². The van der Waals surface area contributed by atoms with Crippen molar-refractivity contribution in [1.82, 2.24) is 9.97 Å². The van der Waals surface area contributed by atoms with Gasteiger partial charge in [0.15, 0.2) is 0 Å². The number of nitrogens with one attached hydrogen (secondary N) is 2. The Balaban J connectivity index is 1.73. The number of methoxy groups -OCH3 is 1. The zero-order valence-electron chi connectivity index (χ0n) is 16.0. The summed E-state index contributed by atoms with van der Waals surface area (Å²) in [5, 5.41) is 6.41. The molecule has 1 aromatic heterocycles. The van der Waals surface area contributed by atoms with Crippen LogP contribution < -0.4 is 15.4 Å². The first-order valence-electron chi connectivity index (χ1n) is 8.88. The molecule has 0 fully saturated rings. The van der Waals surface area contributed by atoms with Crippen LogP contribution in [-0.4, -0.2) is 29.7 Å². The Morgan fingerprint density at radius 2 is 1.61 bits per heavy atom. The number of aryl methyl sites for hydroxylation is 1. The predicted molar refractivity (Wildman–Crippen MR) is 109 cm³/mol. The van der Waals surface area contributed by atoms with Gasteiger partial charge in [-0.05, 0) is 62.4 Å². The van der Waals surface area contributed by atoms with Crippen LogP contribution >= 0.6 is 0 Å². The molecule has 0 amide bonds. The first kappa shape index (κ1) is 19.2. The van der Waals surface area contributed by atoms with Gasteiger partial charge in [0.05, 0.1) is 19.3 Å². The smallest absolute Gasteiger partial charge is 0.337 e. The maximum absolute atomic E-state index is 11.5. The summed E-state index contributed by atoms with van der Waals surface area (Å²) in [5.41, 5.74) is 2.97. The van der Waals surface area contributed by atoms with Gasteiger partial charge >= 0.3 is 5.97 Å². The zero-order chi connectivity index (χ0) is 19.9. The van der Waals surface area contributed by atoms with Gasteiger partial charge in [-0.1, -0.05) is 0 Å². The molecule has 0 aliphatic rings. The highest BCUT2D eigenvalue weighted by molar-refractivity contribution is 5.89. The van der Waals surface area contributed by atoms with Crippen molar-refractivity contribution < 1.29 is 14.3 Å². The Kier molecular flexibility index (Phi) is 6.06. The second-order valence-corrected chi connectivity index (χ2v) is 5.99. The van der Waals surface area contributed by atoms with Gasteiger partial charge in [-0.3, -0.25) is 0 Å². The van der Waals surface area contributed by atoms with Crippen molar-refractivity contribution in [2.75, 3.05) is 24.4 Å². The van der Waals surface area contributed by atoms with E-state index in [9.17, 15) is 4.79 Å². The lowest BCUT2D eigenvalue weighted by molar-refractivity contribution is 0.0601. The largest absolute Gasteiger partial charge is 0.494 e. The van der Waals surface area contributed by atoms with E-state index < -0.39 is 0 Å². The van der Waals surface area contributed by atoms with Gasteiger partial charge in [-0.2, -0.15) is 4.98 Å². The average Bonchev–Trinajstić information content (AvgIpc) is 2.69. The number of hydrogen-bond donors (Lipinski definition) is 2. The minimum atomic E-state index is -0.369. The quantitative estimate of drug-likeness (QED) is 0.587. The number of nitrogens with zero attached hydrogens (tertiary/aromatic N) is 2. The van der Waals surface area contributed by atoms with Crippen LogP contribution in [0.2, 0.25) is 0 Å². The van der Waals surface area contributed by atoms with Crippen molar-refractivity contribution in [3.8, 4) is 5.75 Å². The number of carbonyl (C=O) groups is 1. The second-order valence-electron chi connectivity index (χ2n) is 5.99. The maximum atomic E-state index is 11.5. The lowest BCUT2D eigenvalue weighted by Gasteiger charge is -2.11. The second kappa shape index (κ2) is 8.85. The number of benzene rings is 2. The summed E-state index contributed by atoms with van der Waals surface area (Å²) in [6.45, 7) is 4.48. The Morgan fingerprint density at radius 3 is 2.25 bits per heavy atom. The molecule has 144 valence electrons. The molecular formula is C21H22N4O3. The summed E-state index contributed by atoms with van der Waals surface area (Å²) in [5.74, 6) is 1.58. The molecule has 1 heterocycles. The molecule has 3 rings (SSSR count). The highest BCUT2D eigenvalue weighted by Gasteiger charge is 2.07. The molecule has 0 spiro atoms. The third-order valence-corrected chi connectivity index (χ3v) is 3.85. The van der Waals surface area contributed by atoms with E-state index in [0.29, 0.717) is 23.9 Å². The Hall–Kier alpha value is -3.61. The molecule has 0 unspecified atom stereocenters. The maximum Gasteiger partial charge on any atom is 0.337 e. The van der Waals surface area contributed by atoms with E-state index in [1.807, 2.05) is 44.2 Å². The number of rotatable bonds is 7. The lowest BCUT2D eigenvalue weighted by Crippen LogP contribution is -2.03. The summed E-state index contributed by atoms with van der Waals surface area (Å²) in [6, 6.07) is 16.4. The Bertz CT molecular complexity index is 941. The molecule has 0 saturated heterocycles. The van der Waals surface area contributed by atoms with Crippen molar-refractivity contribution in [3.05, 3.63) is 65.9 Å². The third-order valence-electron chi connectivity index (χ3n) is 3.85. The number of esters is 1. The van der Waals surface area contributed by atoms with Crippen molar-refractivity contribution in [2.24, 2.45) is 0 Å². The monoisotopic (exact) mass is 378 g/mol. The molecule has 7 nitrogen and oxygen atoms in total. The van der Waals surface area contributed by atoms with Gasteiger partial charge in [0.2, 0.25) is 5.95 Å². The number of anilines is 4. The molecule has 0 aliphatic heterocycles. The molecular weight excluding hydrogens is 356 g/mol. The van der Waals surface area contributed by atoms with Crippen LogP contribution in [0, 0.1) is 6.92 Å². The molecule has 0 radical (unpaired) electrons. The first-order chi connectivity index (χ1) is 13.6. The Labute approximate surface area is 163 Å². The summed E-state index contributed by atoms with van der Waals surface area (Å²) in [4.78, 5) is 20.4. The minimum Gasteiger partial charge on any atom is -0.494 e. The minimum absolute atomic E-state index is 0.369. The average molecular weight is 378 g/mol. The predicted octanol–water partition coefficient (Wildman–Crippen LogP) is 4.46. The van der Waals surface area contributed by atoms with E-state index in [0.717, 1.165) is 22.8 Å². The van der Waals surface area contributed by atoms with E-state index in [4.69, 9.17) is 9.47 Å². The molecule has 0 bridgehead atoms. The first-order valence-corrected chi connectivity index (χ1v) is 8.88. The standard InChI is InChI=1S/C21H22N4O3/c1-4-28-18-11-9-17(10-12-18)24-21-22-14(2)13-19(25-21)23-16-7-5-15(6-8-16)20(26)27-3/h5-13H,4H2,1-3H3,(H2,22,23,24,25). The van der Waals surface area contributed by atoms with Gasteiger partial charge in [-0.25, -0.2) is 9.78 Å². The molecule has 0 atom stereocenters. The number of aromatic nitrogens is 2. The normalized spacial score (nSPS) is 10.2. The van der Waals surface area contributed by atoms with Gasteiger partial charge in [-0.15, -0.1) is 0 Å². The molecule has 0 saturated carbocycles. The van der Waals surface area contributed by atoms with E-state index >= 15 is 0 Å². The zero-order valence-corrected chi connectivity index (χ0v) is 16.0. The summed E-state index contributed by atoms with van der Waals surface area (Å²) in [7, 11) is 1.36. The van der Waals surface area contributed by atoms with Crippen LogP contribution in [0.3, 0.4) is 0 Å². The molecule has 7 heteroatoms. The van der Waals surface area contributed by atoms with Crippen LogP contribution in [0.4, 0.5) is 23.1 Å². The van der Waals surface area contributed by atoms with Crippen LogP contribution in [0.5, 0.6) is 5.75 Å². The summed E-state index contributed by atoms with van der Waals surface area (Å²) in [6.07, 6.45) is 0. The van der Waals surface area contributed by atoms with E-state index in [1.165, 1.54) is 7.11 Å². The fourth-order valence-corrected chi connectivity index (χ4v) is 2.57. The molecule has 0 aliphatic carbocycles. The lowest BCUT2D eigenvalue weighted by atomic mass is 10.2. The number of ether oxygens (including phenoxy) is 2. The summed E-state index contributed by atoms with van der Waals surface area (Å²) >= 11 is 0. The number of hydrogen-bond acceptors (Lipinski definition) is 7. The van der Waals surface area contributed by atoms with Crippen molar-refractivity contribution in [3.63, 3.8) is 0 Å². The molecule has 3 aromatic rings. The topological polar surface area (TPSA) is 85.4 Å². The molecule has 2 aromatic carbocycles. The number of carbonyl (C=O) groups excluding carboxylic acids is 1. The van der Waals surface area contributed by atoms with Crippen LogP contribution in [-0.2, 0) is 4.74 Å². The Morgan fingerprint density at radius 1 is 0.964 bits per heavy atom. The van der Waals surface area contributed by atoms with Crippen LogP contribution in [0.1, 0.15) is 23.0 Å². The highest BCUT2D eigenvalue weighted by Crippen LogP contribution is 2.21. The highest BCUT2D eigenvalue weighted by atomic mass is 16.5. The van der Waals surface area contributed by atoms with Crippen molar-refractivity contribution in [2.45, 2.75) is 13.8 Å². The van der Waals surface area contributed by atoms with Gasteiger partial charge in [0.25, 0.3) is 0 Å². The molecule has 28 heavy (non-hydrogen) atoms.